The van der Waals surface area contributed by atoms with E-state index in [1.165, 1.54) is 4.90 Å². The van der Waals surface area contributed by atoms with Crippen LogP contribution in [0.15, 0.2) is 36.4 Å². The molecule has 0 aromatic heterocycles. The average Bonchev–Trinajstić information content (AvgIpc) is 2.70. The summed E-state index contributed by atoms with van der Waals surface area (Å²) >= 11 is 0. The Kier molecular flexibility index (Phi) is 9.06. The van der Waals surface area contributed by atoms with E-state index in [1.807, 2.05) is 30.3 Å². The molecule has 0 bridgehead atoms. The number of cyclic esters (lactones) is 1. The van der Waals surface area contributed by atoms with Crippen molar-refractivity contribution in [1.29, 1.82) is 0 Å². The Labute approximate surface area is 170 Å². The van der Waals surface area contributed by atoms with Gasteiger partial charge in [-0.25, -0.2) is 4.79 Å². The number of carbonyl (C=O) groups excluding carboxylic acids is 1. The van der Waals surface area contributed by atoms with Crippen LogP contribution in [-0.4, -0.2) is 59.6 Å². The molecule has 1 unspecified atom stereocenters. The molecule has 0 aliphatic carbocycles. The number of unbranched alkanes of at least 4 members (excludes halogenated alkanes) is 1. The van der Waals surface area contributed by atoms with Crippen LogP contribution in [0.4, 0.5) is 4.79 Å². The van der Waals surface area contributed by atoms with Gasteiger partial charge in [-0.05, 0) is 24.1 Å². The smallest absolute Gasteiger partial charge is 0.411 e. The number of aliphatic carboxylic acids is 1. The molecule has 7 heteroatoms. The summed E-state index contributed by atoms with van der Waals surface area (Å²) in [6, 6.07) is 7.31. The molecule has 2 rings (SSSR count). The van der Waals surface area contributed by atoms with Gasteiger partial charge in [-0.1, -0.05) is 30.2 Å². The molecular formula is C22H27NO6. The predicted molar refractivity (Wildman–Crippen MR) is 108 cm³/mol. The Morgan fingerprint density at radius 2 is 2.28 bits per heavy atom. The SMILES string of the molecule is COc1cccc(CC(O)/C=C/[C@H]2CCOC(=O)N2CC#CCCCC(=O)O)c1. The third kappa shape index (κ3) is 7.88. The van der Waals surface area contributed by atoms with Crippen LogP contribution in [0.25, 0.3) is 0 Å². The molecule has 1 fully saturated rings. The average molecular weight is 401 g/mol. The van der Waals surface area contributed by atoms with Gasteiger partial charge in [0.2, 0.25) is 0 Å². The van der Waals surface area contributed by atoms with Gasteiger partial charge in [0.25, 0.3) is 0 Å². The number of carbonyl (C=O) groups is 2. The predicted octanol–water partition coefficient (Wildman–Crippen LogP) is 2.62. The number of aliphatic hydroxyl groups is 1. The summed E-state index contributed by atoms with van der Waals surface area (Å²) in [6.07, 6.45) is 4.46. The minimum atomic E-state index is -0.843. The standard InChI is InChI=1S/C22H27NO6/c1-28-20-8-6-7-17(16-20)15-19(24)11-10-18-12-14-29-22(27)23(18)13-5-3-2-4-9-21(25)26/h6-8,10-11,16,18-19,24H,2,4,9,12-15H2,1H3,(H,25,26)/b11-10+/t18-,19?/m0/s1. The van der Waals surface area contributed by atoms with E-state index >= 15 is 0 Å². The first-order chi connectivity index (χ1) is 14.0. The maximum Gasteiger partial charge on any atom is 0.411 e. The molecule has 1 amide bonds. The van der Waals surface area contributed by atoms with Crippen molar-refractivity contribution in [2.75, 3.05) is 20.3 Å². The molecule has 7 nitrogen and oxygen atoms in total. The van der Waals surface area contributed by atoms with Crippen molar-refractivity contribution >= 4 is 12.1 Å². The van der Waals surface area contributed by atoms with Crippen molar-refractivity contribution in [2.24, 2.45) is 0 Å². The number of methoxy groups -OCH3 is 1. The number of hydrogen-bond donors (Lipinski definition) is 2. The van der Waals surface area contributed by atoms with Crippen molar-refractivity contribution in [3.05, 3.63) is 42.0 Å². The molecule has 0 saturated carbocycles. The third-order valence-corrected chi connectivity index (χ3v) is 4.48. The van der Waals surface area contributed by atoms with Gasteiger partial charge in [-0.15, -0.1) is 5.92 Å². The van der Waals surface area contributed by atoms with Crippen molar-refractivity contribution in [1.82, 2.24) is 4.90 Å². The number of nitrogens with zero attached hydrogens (tertiary/aromatic N) is 1. The van der Waals surface area contributed by atoms with E-state index in [-0.39, 0.29) is 19.0 Å². The lowest BCUT2D eigenvalue weighted by molar-refractivity contribution is -0.137. The van der Waals surface area contributed by atoms with Crippen LogP contribution in [0.3, 0.4) is 0 Å². The van der Waals surface area contributed by atoms with Crippen LogP contribution >= 0.6 is 0 Å². The zero-order valence-electron chi connectivity index (χ0n) is 16.5. The van der Waals surface area contributed by atoms with E-state index in [1.54, 1.807) is 13.2 Å². The topological polar surface area (TPSA) is 96.3 Å². The lowest BCUT2D eigenvalue weighted by atomic mass is 10.1. The summed E-state index contributed by atoms with van der Waals surface area (Å²) in [5.74, 6) is 5.69. The van der Waals surface area contributed by atoms with E-state index < -0.39 is 18.2 Å². The van der Waals surface area contributed by atoms with Gasteiger partial charge in [0.05, 0.1) is 32.4 Å². The number of carboxylic acids is 1. The summed E-state index contributed by atoms with van der Waals surface area (Å²) in [5, 5.41) is 18.9. The van der Waals surface area contributed by atoms with Crippen molar-refractivity contribution in [2.45, 2.75) is 44.2 Å². The monoisotopic (exact) mass is 401 g/mol. The summed E-state index contributed by atoms with van der Waals surface area (Å²) < 4.78 is 10.3. The van der Waals surface area contributed by atoms with E-state index in [4.69, 9.17) is 14.6 Å². The van der Waals surface area contributed by atoms with Gasteiger partial charge in [0, 0.05) is 25.7 Å². The molecule has 1 aliphatic heterocycles. The Morgan fingerprint density at radius 1 is 1.45 bits per heavy atom. The maximum atomic E-state index is 12.1. The molecule has 1 aliphatic rings. The van der Waals surface area contributed by atoms with Crippen LogP contribution in [0.1, 0.15) is 31.2 Å². The quantitative estimate of drug-likeness (QED) is 0.375. The lowest BCUT2D eigenvalue weighted by Gasteiger charge is -2.31. The van der Waals surface area contributed by atoms with Gasteiger partial charge in [-0.2, -0.15) is 0 Å². The Bertz CT molecular complexity index is 779. The molecule has 1 saturated heterocycles. The van der Waals surface area contributed by atoms with Gasteiger partial charge in [0.1, 0.15) is 5.75 Å². The fourth-order valence-electron chi connectivity index (χ4n) is 2.95. The summed E-state index contributed by atoms with van der Waals surface area (Å²) in [5.41, 5.74) is 0.952. The first kappa shape index (κ1) is 22.3. The highest BCUT2D eigenvalue weighted by Crippen LogP contribution is 2.17. The van der Waals surface area contributed by atoms with Crippen LogP contribution in [0, 0.1) is 11.8 Å². The zero-order valence-corrected chi connectivity index (χ0v) is 16.5. The molecule has 1 aromatic rings. The van der Waals surface area contributed by atoms with Crippen molar-refractivity contribution < 1.29 is 29.3 Å². The van der Waals surface area contributed by atoms with Crippen LogP contribution in [0.2, 0.25) is 0 Å². The van der Waals surface area contributed by atoms with Crippen LogP contribution < -0.4 is 4.74 Å². The van der Waals surface area contributed by atoms with Gasteiger partial charge in [-0.3, -0.25) is 9.69 Å². The molecule has 29 heavy (non-hydrogen) atoms. The highest BCUT2D eigenvalue weighted by Gasteiger charge is 2.27. The highest BCUT2D eigenvalue weighted by atomic mass is 16.6. The fraction of sp³-hybridized carbons (Fsp3) is 0.455. The summed E-state index contributed by atoms with van der Waals surface area (Å²) in [7, 11) is 1.60. The molecule has 0 spiro atoms. The number of amides is 1. The van der Waals surface area contributed by atoms with Gasteiger partial charge >= 0.3 is 12.1 Å². The minimum absolute atomic E-state index is 0.0803. The third-order valence-electron chi connectivity index (χ3n) is 4.48. The van der Waals surface area contributed by atoms with E-state index in [9.17, 15) is 14.7 Å². The molecule has 1 aromatic carbocycles. The summed E-state index contributed by atoms with van der Waals surface area (Å²) in [6.45, 7) is 0.523. The Morgan fingerprint density at radius 3 is 3.03 bits per heavy atom. The van der Waals surface area contributed by atoms with Crippen LogP contribution in [-0.2, 0) is 16.0 Å². The summed E-state index contributed by atoms with van der Waals surface area (Å²) in [4.78, 5) is 24.1. The maximum absolute atomic E-state index is 12.1. The Balaban J connectivity index is 1.90. The molecule has 0 radical (unpaired) electrons. The van der Waals surface area contributed by atoms with E-state index in [2.05, 4.69) is 11.8 Å². The zero-order chi connectivity index (χ0) is 21.1. The van der Waals surface area contributed by atoms with E-state index in [0.717, 1.165) is 11.3 Å². The molecule has 1 heterocycles. The second-order valence-corrected chi connectivity index (χ2v) is 6.71. The first-order valence-electron chi connectivity index (χ1n) is 9.60. The fourth-order valence-corrected chi connectivity index (χ4v) is 2.95. The van der Waals surface area contributed by atoms with E-state index in [0.29, 0.717) is 32.3 Å². The molecular weight excluding hydrogens is 374 g/mol. The molecule has 2 atom stereocenters. The van der Waals surface area contributed by atoms with Crippen LogP contribution in [0.5, 0.6) is 5.75 Å². The van der Waals surface area contributed by atoms with Gasteiger partial charge in [0.15, 0.2) is 0 Å². The van der Waals surface area contributed by atoms with Crippen molar-refractivity contribution in [3.8, 4) is 17.6 Å². The second kappa shape index (κ2) is 11.8. The Hall–Kier alpha value is -2.98. The molecule has 156 valence electrons. The van der Waals surface area contributed by atoms with Gasteiger partial charge < -0.3 is 19.7 Å². The number of carboxylic acid groups (broad SMARTS) is 1. The highest BCUT2D eigenvalue weighted by molar-refractivity contribution is 5.69. The number of rotatable bonds is 9. The number of benzene rings is 1. The second-order valence-electron chi connectivity index (χ2n) is 6.71. The lowest BCUT2D eigenvalue weighted by Crippen LogP contribution is -2.44. The normalized spacial score (nSPS) is 17.4. The number of hydrogen-bond acceptors (Lipinski definition) is 5. The van der Waals surface area contributed by atoms with Crippen molar-refractivity contribution in [3.63, 3.8) is 0 Å². The number of aliphatic hydroxyl groups excluding tert-OH is 1. The number of ether oxygens (including phenoxy) is 2. The first-order valence-corrected chi connectivity index (χ1v) is 9.60. The largest absolute Gasteiger partial charge is 0.497 e. The minimum Gasteiger partial charge on any atom is -0.497 e. The molecule has 2 N–H and O–H groups in total.